The predicted octanol–water partition coefficient (Wildman–Crippen LogP) is 3.61. The number of carbonyl (C=O) groups excluding carboxylic acids is 1. The van der Waals surface area contributed by atoms with Crippen LogP contribution in [0.4, 0.5) is 0 Å². The summed E-state index contributed by atoms with van der Waals surface area (Å²) < 4.78 is 7.21. The Balaban J connectivity index is 2.46. The van der Waals surface area contributed by atoms with Gasteiger partial charge in [-0.15, -0.1) is 0 Å². The average Bonchev–Trinajstić information content (AvgIpc) is 2.81. The van der Waals surface area contributed by atoms with Crippen molar-refractivity contribution in [3.63, 3.8) is 0 Å². The van der Waals surface area contributed by atoms with Crippen LogP contribution in [-0.2, 0) is 11.2 Å². The van der Waals surface area contributed by atoms with Crippen molar-refractivity contribution < 1.29 is 9.53 Å². The SMILES string of the molecule is CCc1cc(OC(=O)C(C)C)n(-c2ccc(C)cc2C)n1. The molecule has 0 atom stereocenters. The van der Waals surface area contributed by atoms with Gasteiger partial charge >= 0.3 is 5.97 Å². The number of benzene rings is 1. The first-order valence-electron chi connectivity index (χ1n) is 7.30. The maximum absolute atomic E-state index is 11.9. The van der Waals surface area contributed by atoms with Crippen molar-refractivity contribution in [2.24, 2.45) is 5.92 Å². The maximum Gasteiger partial charge on any atom is 0.315 e. The van der Waals surface area contributed by atoms with E-state index < -0.39 is 0 Å². The number of rotatable bonds is 4. The Morgan fingerprint density at radius 2 is 2.00 bits per heavy atom. The molecule has 1 heterocycles. The molecule has 0 N–H and O–H groups in total. The summed E-state index contributed by atoms with van der Waals surface area (Å²) in [4.78, 5) is 11.9. The fourth-order valence-electron chi connectivity index (χ4n) is 2.09. The van der Waals surface area contributed by atoms with Crippen molar-refractivity contribution in [2.45, 2.75) is 41.0 Å². The van der Waals surface area contributed by atoms with Gasteiger partial charge < -0.3 is 4.74 Å². The molecular weight excluding hydrogens is 264 g/mol. The molecule has 112 valence electrons. The summed E-state index contributed by atoms with van der Waals surface area (Å²) in [7, 11) is 0. The van der Waals surface area contributed by atoms with Crippen LogP contribution in [0.1, 0.15) is 37.6 Å². The summed E-state index contributed by atoms with van der Waals surface area (Å²) >= 11 is 0. The van der Waals surface area contributed by atoms with Crippen molar-refractivity contribution in [1.82, 2.24) is 9.78 Å². The third-order valence-electron chi connectivity index (χ3n) is 3.35. The van der Waals surface area contributed by atoms with Crippen molar-refractivity contribution in [1.29, 1.82) is 0 Å². The van der Waals surface area contributed by atoms with E-state index in [2.05, 4.69) is 18.1 Å². The van der Waals surface area contributed by atoms with E-state index in [1.807, 2.05) is 45.9 Å². The Labute approximate surface area is 125 Å². The second kappa shape index (κ2) is 6.12. The molecule has 0 fully saturated rings. The fourth-order valence-corrected chi connectivity index (χ4v) is 2.09. The van der Waals surface area contributed by atoms with E-state index >= 15 is 0 Å². The minimum Gasteiger partial charge on any atom is -0.407 e. The molecule has 0 unspecified atom stereocenters. The monoisotopic (exact) mass is 286 g/mol. The number of nitrogens with zero attached hydrogens (tertiary/aromatic N) is 2. The van der Waals surface area contributed by atoms with Gasteiger partial charge in [0.15, 0.2) is 0 Å². The van der Waals surface area contributed by atoms with Crippen LogP contribution >= 0.6 is 0 Å². The summed E-state index contributed by atoms with van der Waals surface area (Å²) in [5.74, 6) is 0.0682. The molecule has 0 spiro atoms. The standard InChI is InChI=1S/C17H22N2O2/c1-6-14-10-16(21-17(20)11(2)3)19(18-14)15-8-7-12(4)9-13(15)5/h7-11H,6H2,1-5H3. The van der Waals surface area contributed by atoms with Crippen LogP contribution in [0.3, 0.4) is 0 Å². The zero-order valence-corrected chi connectivity index (χ0v) is 13.3. The third-order valence-corrected chi connectivity index (χ3v) is 3.35. The topological polar surface area (TPSA) is 44.1 Å². The molecule has 0 aliphatic rings. The lowest BCUT2D eigenvalue weighted by Gasteiger charge is -2.11. The number of esters is 1. The summed E-state index contributed by atoms with van der Waals surface area (Å²) in [6, 6.07) is 7.96. The zero-order valence-electron chi connectivity index (χ0n) is 13.3. The van der Waals surface area contributed by atoms with Crippen LogP contribution in [0.15, 0.2) is 24.3 Å². The molecule has 4 nitrogen and oxygen atoms in total. The molecule has 1 aromatic heterocycles. The van der Waals surface area contributed by atoms with E-state index in [0.29, 0.717) is 5.88 Å². The lowest BCUT2D eigenvalue weighted by atomic mass is 10.1. The van der Waals surface area contributed by atoms with Crippen LogP contribution in [0.2, 0.25) is 0 Å². The molecule has 4 heteroatoms. The second-order valence-corrected chi connectivity index (χ2v) is 5.61. The number of aromatic nitrogens is 2. The van der Waals surface area contributed by atoms with Gasteiger partial charge in [0.2, 0.25) is 5.88 Å². The molecule has 0 saturated heterocycles. The molecule has 0 aliphatic carbocycles. The van der Waals surface area contributed by atoms with Crippen LogP contribution in [-0.4, -0.2) is 15.7 Å². The maximum atomic E-state index is 11.9. The summed E-state index contributed by atoms with van der Waals surface area (Å²) in [5, 5.41) is 4.54. The summed E-state index contributed by atoms with van der Waals surface area (Å²) in [5.41, 5.74) is 4.14. The highest BCUT2D eigenvalue weighted by atomic mass is 16.5. The van der Waals surface area contributed by atoms with Crippen molar-refractivity contribution in [3.8, 4) is 11.6 Å². The highest BCUT2D eigenvalue weighted by Crippen LogP contribution is 2.24. The minimum absolute atomic E-state index is 0.169. The number of ether oxygens (including phenoxy) is 1. The Bertz CT molecular complexity index is 657. The first-order valence-corrected chi connectivity index (χ1v) is 7.30. The highest BCUT2D eigenvalue weighted by Gasteiger charge is 2.17. The Morgan fingerprint density at radius 1 is 1.29 bits per heavy atom. The van der Waals surface area contributed by atoms with Crippen LogP contribution in [0.25, 0.3) is 5.69 Å². The summed E-state index contributed by atoms with van der Waals surface area (Å²) in [6.07, 6.45) is 0.796. The van der Waals surface area contributed by atoms with E-state index in [1.54, 1.807) is 4.68 Å². The molecule has 0 radical (unpaired) electrons. The van der Waals surface area contributed by atoms with E-state index in [9.17, 15) is 4.79 Å². The molecule has 2 aromatic rings. The molecular formula is C17H22N2O2. The van der Waals surface area contributed by atoms with Crippen LogP contribution < -0.4 is 4.74 Å². The highest BCUT2D eigenvalue weighted by molar-refractivity contribution is 5.74. The number of hydrogen-bond donors (Lipinski definition) is 0. The van der Waals surface area contributed by atoms with E-state index in [-0.39, 0.29) is 11.9 Å². The van der Waals surface area contributed by atoms with Gasteiger partial charge in [-0.1, -0.05) is 38.5 Å². The van der Waals surface area contributed by atoms with Crippen molar-refractivity contribution >= 4 is 5.97 Å². The van der Waals surface area contributed by atoms with Gasteiger partial charge in [0, 0.05) is 6.07 Å². The fraction of sp³-hybridized carbons (Fsp3) is 0.412. The van der Waals surface area contributed by atoms with Gasteiger partial charge in [0.1, 0.15) is 0 Å². The molecule has 21 heavy (non-hydrogen) atoms. The zero-order chi connectivity index (χ0) is 15.6. The first-order chi connectivity index (χ1) is 9.92. The van der Waals surface area contributed by atoms with Gasteiger partial charge in [-0.25, -0.2) is 4.68 Å². The van der Waals surface area contributed by atoms with Gasteiger partial charge in [0.05, 0.1) is 17.3 Å². The minimum atomic E-state index is -0.247. The predicted molar refractivity (Wildman–Crippen MR) is 82.9 cm³/mol. The molecule has 2 rings (SSSR count). The van der Waals surface area contributed by atoms with Crippen LogP contribution in [0, 0.1) is 19.8 Å². The van der Waals surface area contributed by atoms with E-state index in [1.165, 1.54) is 5.56 Å². The third kappa shape index (κ3) is 3.32. The molecule has 0 bridgehead atoms. The van der Waals surface area contributed by atoms with Crippen molar-refractivity contribution in [2.75, 3.05) is 0 Å². The second-order valence-electron chi connectivity index (χ2n) is 5.61. The normalized spacial score (nSPS) is 11.0. The Kier molecular flexibility index (Phi) is 4.46. The molecule has 0 amide bonds. The molecule has 0 saturated carbocycles. The van der Waals surface area contributed by atoms with E-state index in [4.69, 9.17) is 4.74 Å². The summed E-state index contributed by atoms with van der Waals surface area (Å²) in [6.45, 7) is 9.76. The number of aryl methyl sites for hydroxylation is 3. The first kappa shape index (κ1) is 15.3. The average molecular weight is 286 g/mol. The molecule has 1 aromatic carbocycles. The Hall–Kier alpha value is -2.10. The largest absolute Gasteiger partial charge is 0.407 e. The van der Waals surface area contributed by atoms with Gasteiger partial charge in [-0.3, -0.25) is 4.79 Å². The van der Waals surface area contributed by atoms with Crippen molar-refractivity contribution in [3.05, 3.63) is 41.1 Å². The smallest absolute Gasteiger partial charge is 0.315 e. The molecule has 0 aliphatic heterocycles. The number of hydrogen-bond acceptors (Lipinski definition) is 3. The Morgan fingerprint density at radius 3 is 2.57 bits per heavy atom. The lowest BCUT2D eigenvalue weighted by Crippen LogP contribution is -2.17. The number of carbonyl (C=O) groups is 1. The lowest BCUT2D eigenvalue weighted by molar-refractivity contribution is -0.138. The quantitative estimate of drug-likeness (QED) is 0.806. The van der Waals surface area contributed by atoms with Gasteiger partial charge in [-0.05, 0) is 31.9 Å². The van der Waals surface area contributed by atoms with Crippen LogP contribution in [0.5, 0.6) is 5.88 Å². The van der Waals surface area contributed by atoms with Gasteiger partial charge in [0.25, 0.3) is 0 Å². The van der Waals surface area contributed by atoms with Gasteiger partial charge in [-0.2, -0.15) is 5.10 Å². The van der Waals surface area contributed by atoms with E-state index in [0.717, 1.165) is 23.4 Å².